The zero-order valence-corrected chi connectivity index (χ0v) is 16.5. The second kappa shape index (κ2) is 10.2. The highest BCUT2D eigenvalue weighted by Crippen LogP contribution is 2.31. The standard InChI is InChI=1S/C22H25NO5/c1-15(2)17-9-5-6-10-18(17)23-20(24)14-28-21(25)13-12-16-8-7-11-19(26-3)22(16)27-4/h5-13,15H,14H2,1-4H3,(H,23,24). The highest BCUT2D eigenvalue weighted by atomic mass is 16.5. The van der Waals surface area contributed by atoms with Crippen LogP contribution < -0.4 is 14.8 Å². The van der Waals surface area contributed by atoms with E-state index in [-0.39, 0.29) is 12.5 Å². The number of amides is 1. The Morgan fingerprint density at radius 2 is 1.79 bits per heavy atom. The van der Waals surface area contributed by atoms with Gasteiger partial charge in [-0.2, -0.15) is 0 Å². The summed E-state index contributed by atoms with van der Waals surface area (Å²) < 4.78 is 15.5. The number of anilines is 1. The van der Waals surface area contributed by atoms with E-state index in [1.165, 1.54) is 20.3 Å². The van der Waals surface area contributed by atoms with Crippen LogP contribution in [0.4, 0.5) is 5.69 Å². The fourth-order valence-electron chi connectivity index (χ4n) is 2.69. The van der Waals surface area contributed by atoms with Gasteiger partial charge >= 0.3 is 5.97 Å². The van der Waals surface area contributed by atoms with Gasteiger partial charge in [-0.15, -0.1) is 0 Å². The van der Waals surface area contributed by atoms with Crippen molar-refractivity contribution in [2.75, 3.05) is 26.1 Å². The number of methoxy groups -OCH3 is 2. The van der Waals surface area contributed by atoms with Gasteiger partial charge in [-0.3, -0.25) is 4.79 Å². The van der Waals surface area contributed by atoms with Crippen molar-refractivity contribution in [2.24, 2.45) is 0 Å². The van der Waals surface area contributed by atoms with E-state index < -0.39 is 11.9 Å². The van der Waals surface area contributed by atoms with E-state index in [9.17, 15) is 9.59 Å². The average molecular weight is 383 g/mol. The topological polar surface area (TPSA) is 73.9 Å². The van der Waals surface area contributed by atoms with Gasteiger partial charge in [0.1, 0.15) is 0 Å². The molecule has 1 amide bonds. The average Bonchev–Trinajstić information content (AvgIpc) is 2.70. The van der Waals surface area contributed by atoms with Crippen LogP contribution in [0.2, 0.25) is 0 Å². The molecule has 0 spiro atoms. The van der Waals surface area contributed by atoms with E-state index in [1.807, 2.05) is 38.1 Å². The molecule has 0 heterocycles. The molecule has 2 aromatic carbocycles. The smallest absolute Gasteiger partial charge is 0.331 e. The SMILES string of the molecule is COc1cccc(C=CC(=O)OCC(=O)Nc2ccccc2C(C)C)c1OC. The van der Waals surface area contributed by atoms with Gasteiger partial charge in [0, 0.05) is 17.3 Å². The van der Waals surface area contributed by atoms with E-state index in [0.29, 0.717) is 17.1 Å². The van der Waals surface area contributed by atoms with Gasteiger partial charge in [-0.25, -0.2) is 4.79 Å². The third-order valence-corrected chi connectivity index (χ3v) is 4.03. The first kappa shape index (κ1) is 21.0. The lowest BCUT2D eigenvalue weighted by Gasteiger charge is -2.13. The van der Waals surface area contributed by atoms with Gasteiger partial charge in [0.2, 0.25) is 0 Å². The van der Waals surface area contributed by atoms with Crippen LogP contribution in [0.5, 0.6) is 11.5 Å². The lowest BCUT2D eigenvalue weighted by molar-refractivity contribution is -0.142. The molecule has 0 aromatic heterocycles. The Morgan fingerprint density at radius 1 is 1.04 bits per heavy atom. The van der Waals surface area contributed by atoms with Gasteiger partial charge in [-0.1, -0.05) is 44.2 Å². The van der Waals surface area contributed by atoms with Crippen molar-refractivity contribution in [1.29, 1.82) is 0 Å². The van der Waals surface area contributed by atoms with Crippen LogP contribution in [0.1, 0.15) is 30.9 Å². The van der Waals surface area contributed by atoms with Gasteiger partial charge in [0.15, 0.2) is 18.1 Å². The third kappa shape index (κ3) is 5.61. The Bertz CT molecular complexity index is 858. The summed E-state index contributed by atoms with van der Waals surface area (Å²) >= 11 is 0. The molecule has 0 aliphatic rings. The third-order valence-electron chi connectivity index (χ3n) is 4.03. The van der Waals surface area contributed by atoms with Crippen LogP contribution in [-0.2, 0) is 14.3 Å². The number of hydrogen-bond acceptors (Lipinski definition) is 5. The Labute approximate surface area is 165 Å². The second-order valence-electron chi connectivity index (χ2n) is 6.31. The number of nitrogens with one attached hydrogen (secondary N) is 1. The zero-order chi connectivity index (χ0) is 20.5. The maximum atomic E-state index is 12.1. The molecular weight excluding hydrogens is 358 g/mol. The molecule has 28 heavy (non-hydrogen) atoms. The number of rotatable bonds is 8. The highest BCUT2D eigenvalue weighted by Gasteiger charge is 2.11. The van der Waals surface area contributed by atoms with Crippen molar-refractivity contribution in [2.45, 2.75) is 19.8 Å². The Hall–Kier alpha value is -3.28. The minimum Gasteiger partial charge on any atom is -0.493 e. The van der Waals surface area contributed by atoms with Gasteiger partial charge < -0.3 is 19.5 Å². The van der Waals surface area contributed by atoms with Gasteiger partial charge in [0.05, 0.1) is 14.2 Å². The molecule has 0 saturated carbocycles. The van der Waals surface area contributed by atoms with E-state index in [0.717, 1.165) is 11.3 Å². The predicted octanol–water partition coefficient (Wildman–Crippen LogP) is 4.02. The van der Waals surface area contributed by atoms with Crippen molar-refractivity contribution in [3.63, 3.8) is 0 Å². The van der Waals surface area contributed by atoms with Crippen molar-refractivity contribution in [3.8, 4) is 11.5 Å². The lowest BCUT2D eigenvalue weighted by Crippen LogP contribution is -2.21. The number of carbonyl (C=O) groups excluding carboxylic acids is 2. The molecule has 6 nitrogen and oxygen atoms in total. The molecule has 0 bridgehead atoms. The molecule has 0 fully saturated rings. The summed E-state index contributed by atoms with van der Waals surface area (Å²) in [5, 5.41) is 2.78. The second-order valence-corrected chi connectivity index (χ2v) is 6.31. The molecule has 1 N–H and O–H groups in total. The quantitative estimate of drug-likeness (QED) is 0.550. The maximum absolute atomic E-state index is 12.1. The summed E-state index contributed by atoms with van der Waals surface area (Å²) in [6, 6.07) is 12.9. The monoisotopic (exact) mass is 383 g/mol. The first-order valence-electron chi connectivity index (χ1n) is 8.90. The fourth-order valence-corrected chi connectivity index (χ4v) is 2.69. The summed E-state index contributed by atoms with van der Waals surface area (Å²) in [4.78, 5) is 24.0. The molecule has 2 rings (SSSR count). The predicted molar refractivity (Wildman–Crippen MR) is 109 cm³/mol. The normalized spacial score (nSPS) is 10.8. The van der Waals surface area contributed by atoms with Crippen molar-refractivity contribution in [3.05, 3.63) is 59.7 Å². The minimum absolute atomic E-state index is 0.264. The van der Waals surface area contributed by atoms with Crippen LogP contribution in [0.3, 0.4) is 0 Å². The van der Waals surface area contributed by atoms with Crippen molar-refractivity contribution >= 4 is 23.6 Å². The number of ether oxygens (including phenoxy) is 3. The van der Waals surface area contributed by atoms with E-state index in [4.69, 9.17) is 14.2 Å². The molecule has 0 atom stereocenters. The van der Waals surface area contributed by atoms with Crippen LogP contribution in [-0.4, -0.2) is 32.7 Å². The first-order valence-corrected chi connectivity index (χ1v) is 8.90. The van der Waals surface area contributed by atoms with Crippen LogP contribution in [0, 0.1) is 0 Å². The molecule has 6 heteroatoms. The zero-order valence-electron chi connectivity index (χ0n) is 16.5. The Kier molecular flexibility index (Phi) is 7.63. The number of benzene rings is 2. The molecular formula is C22H25NO5. The molecule has 0 radical (unpaired) electrons. The summed E-state index contributed by atoms with van der Waals surface area (Å²) in [6.45, 7) is 3.72. The summed E-state index contributed by atoms with van der Waals surface area (Å²) in [7, 11) is 3.06. The molecule has 0 saturated heterocycles. The first-order chi connectivity index (χ1) is 13.5. The number of hydrogen-bond donors (Lipinski definition) is 1. The van der Waals surface area contributed by atoms with Gasteiger partial charge in [-0.05, 0) is 29.7 Å². The van der Waals surface area contributed by atoms with Crippen molar-refractivity contribution < 1.29 is 23.8 Å². The fraction of sp³-hybridized carbons (Fsp3) is 0.273. The van der Waals surface area contributed by atoms with Crippen LogP contribution in [0.15, 0.2) is 48.5 Å². The van der Waals surface area contributed by atoms with Crippen LogP contribution in [0.25, 0.3) is 6.08 Å². The van der Waals surface area contributed by atoms with Gasteiger partial charge in [0.25, 0.3) is 5.91 Å². The van der Waals surface area contributed by atoms with Crippen LogP contribution >= 0.6 is 0 Å². The Morgan fingerprint density at radius 3 is 2.46 bits per heavy atom. The lowest BCUT2D eigenvalue weighted by atomic mass is 10.0. The molecule has 148 valence electrons. The number of esters is 1. The molecule has 0 aliphatic heterocycles. The van der Waals surface area contributed by atoms with E-state index in [1.54, 1.807) is 24.3 Å². The minimum atomic E-state index is -0.628. The molecule has 0 unspecified atom stereocenters. The maximum Gasteiger partial charge on any atom is 0.331 e. The Balaban J connectivity index is 1.94. The van der Waals surface area contributed by atoms with Crippen molar-refractivity contribution in [1.82, 2.24) is 0 Å². The number of carbonyl (C=O) groups is 2. The largest absolute Gasteiger partial charge is 0.493 e. The molecule has 0 aliphatic carbocycles. The molecule has 2 aromatic rings. The summed E-state index contributed by atoms with van der Waals surface area (Å²) in [5.41, 5.74) is 2.40. The summed E-state index contributed by atoms with van der Waals surface area (Å²) in [5.74, 6) is 0.309. The number of para-hydroxylation sites is 2. The van der Waals surface area contributed by atoms with E-state index >= 15 is 0 Å². The summed E-state index contributed by atoms with van der Waals surface area (Å²) in [6.07, 6.45) is 2.79. The highest BCUT2D eigenvalue weighted by molar-refractivity contribution is 5.95. The van der Waals surface area contributed by atoms with E-state index in [2.05, 4.69) is 5.32 Å².